The number of halogens is 3. The van der Waals surface area contributed by atoms with Crippen LogP contribution in [0.3, 0.4) is 0 Å². The maximum Gasteiger partial charge on any atom is 0.416 e. The van der Waals surface area contributed by atoms with Crippen molar-refractivity contribution in [3.63, 3.8) is 0 Å². The number of rotatable bonds is 8. The van der Waals surface area contributed by atoms with E-state index in [1.54, 1.807) is 13.3 Å². The quantitative estimate of drug-likeness (QED) is 0.506. The van der Waals surface area contributed by atoms with Crippen molar-refractivity contribution in [3.8, 4) is 0 Å². The van der Waals surface area contributed by atoms with Gasteiger partial charge < -0.3 is 14.6 Å². The SMILES string of the molecule is CC(=O)CN1CCC(Cn2cnc3c(N(Cc4ccc(C(F)(F)F)cc4)C4CC4)ncnc32)[C@@H](O)C1. The number of piperidine rings is 1. The lowest BCUT2D eigenvalue weighted by Gasteiger charge is -2.35. The van der Waals surface area contributed by atoms with E-state index in [9.17, 15) is 23.1 Å². The molecular weight excluding hydrogens is 473 g/mol. The fraction of sp³-hybridized carbons (Fsp3) is 0.520. The van der Waals surface area contributed by atoms with Crippen molar-refractivity contribution in [1.29, 1.82) is 0 Å². The second-order valence-corrected chi connectivity index (χ2v) is 9.87. The summed E-state index contributed by atoms with van der Waals surface area (Å²) >= 11 is 0. The number of hydrogen-bond donors (Lipinski definition) is 1. The van der Waals surface area contributed by atoms with E-state index >= 15 is 0 Å². The van der Waals surface area contributed by atoms with Crippen LogP contribution in [0.25, 0.3) is 11.2 Å². The number of aliphatic hydroxyl groups excluding tert-OH is 1. The summed E-state index contributed by atoms with van der Waals surface area (Å²) in [6, 6.07) is 5.49. The Bertz CT molecular complexity index is 1220. The number of Topliss-reactive ketones (excluding diaryl/α,β-unsaturated/α-hetero) is 1. The van der Waals surface area contributed by atoms with Crippen molar-refractivity contribution < 1.29 is 23.1 Å². The van der Waals surface area contributed by atoms with E-state index < -0.39 is 17.8 Å². The predicted molar refractivity (Wildman–Crippen MR) is 127 cm³/mol. The Labute approximate surface area is 206 Å². The predicted octanol–water partition coefficient (Wildman–Crippen LogP) is 3.29. The van der Waals surface area contributed by atoms with E-state index in [1.165, 1.54) is 18.5 Å². The molecule has 0 radical (unpaired) electrons. The van der Waals surface area contributed by atoms with Crippen molar-refractivity contribution in [1.82, 2.24) is 24.4 Å². The summed E-state index contributed by atoms with van der Waals surface area (Å²) in [4.78, 5) is 29.0. The molecule has 0 amide bonds. The first-order valence-corrected chi connectivity index (χ1v) is 12.2. The number of nitrogens with zero attached hydrogens (tertiary/aromatic N) is 6. The summed E-state index contributed by atoms with van der Waals surface area (Å²) in [5.74, 6) is 0.760. The van der Waals surface area contributed by atoms with Crippen LogP contribution in [0.5, 0.6) is 0 Å². The van der Waals surface area contributed by atoms with Gasteiger partial charge in [-0.05, 0) is 50.4 Å². The maximum absolute atomic E-state index is 13.0. The van der Waals surface area contributed by atoms with Gasteiger partial charge in [0.15, 0.2) is 17.0 Å². The second-order valence-electron chi connectivity index (χ2n) is 9.87. The highest BCUT2D eigenvalue weighted by Gasteiger charge is 2.34. The van der Waals surface area contributed by atoms with E-state index in [0.29, 0.717) is 43.2 Å². The lowest BCUT2D eigenvalue weighted by molar-refractivity contribution is -0.137. The fourth-order valence-electron chi connectivity index (χ4n) is 4.94. The third-order valence-corrected chi connectivity index (χ3v) is 6.96. The zero-order valence-corrected chi connectivity index (χ0v) is 20.0. The number of ketones is 1. The summed E-state index contributed by atoms with van der Waals surface area (Å²) in [7, 11) is 0. The van der Waals surface area contributed by atoms with E-state index in [4.69, 9.17) is 0 Å². The highest BCUT2D eigenvalue weighted by atomic mass is 19.4. The molecule has 1 saturated heterocycles. The Balaban J connectivity index is 1.34. The Morgan fingerprint density at radius 2 is 1.89 bits per heavy atom. The fourth-order valence-corrected chi connectivity index (χ4v) is 4.94. The molecular formula is C25H29F3N6O2. The van der Waals surface area contributed by atoms with Crippen LogP contribution in [0.1, 0.15) is 37.3 Å². The molecule has 1 unspecified atom stereocenters. The van der Waals surface area contributed by atoms with Crippen LogP contribution in [-0.2, 0) is 24.1 Å². The van der Waals surface area contributed by atoms with Gasteiger partial charge in [-0.15, -0.1) is 0 Å². The lowest BCUT2D eigenvalue weighted by atomic mass is 9.93. The number of β-amino-alcohol motifs (C(OH)–C–C–N with tert-alkyl or cyclic N) is 1. The largest absolute Gasteiger partial charge is 0.416 e. The van der Waals surface area contributed by atoms with E-state index in [-0.39, 0.29) is 17.7 Å². The molecule has 1 aromatic carbocycles. The summed E-state index contributed by atoms with van der Waals surface area (Å²) in [6.45, 7) is 4.08. The van der Waals surface area contributed by atoms with Crippen LogP contribution >= 0.6 is 0 Å². The van der Waals surface area contributed by atoms with Crippen molar-refractivity contribution in [2.75, 3.05) is 24.5 Å². The minimum atomic E-state index is -4.36. The normalized spacial score (nSPS) is 21.1. The molecule has 2 aromatic heterocycles. The Kier molecular flexibility index (Phi) is 6.69. The molecule has 8 nitrogen and oxygen atoms in total. The first kappa shape index (κ1) is 24.6. The standard InChI is InChI=1S/C25H29F3N6O2/c1-16(35)10-32-9-8-18(21(36)13-32)12-33-15-31-22-23(33)29-14-30-24(22)34(20-6-7-20)11-17-2-4-19(5-3-17)25(26,27)28/h2-5,14-15,18,20-21,36H,6-13H2,1H3/t18?,21-/m0/s1. The monoisotopic (exact) mass is 502 g/mol. The zero-order chi connectivity index (χ0) is 25.4. The molecule has 1 aliphatic heterocycles. The molecule has 3 aromatic rings. The van der Waals surface area contributed by atoms with E-state index in [0.717, 1.165) is 43.5 Å². The number of fused-ring (bicyclic) bond motifs is 1. The van der Waals surface area contributed by atoms with E-state index in [1.807, 2.05) is 9.47 Å². The lowest BCUT2D eigenvalue weighted by Crippen LogP contribution is -2.46. The number of aromatic nitrogens is 4. The number of anilines is 1. The topological polar surface area (TPSA) is 87.4 Å². The van der Waals surface area contributed by atoms with E-state index in [2.05, 4.69) is 19.9 Å². The molecule has 192 valence electrons. The van der Waals surface area contributed by atoms with Gasteiger partial charge in [0.1, 0.15) is 12.1 Å². The minimum absolute atomic E-state index is 0.00991. The zero-order valence-electron chi connectivity index (χ0n) is 20.0. The summed E-state index contributed by atoms with van der Waals surface area (Å²) in [5.41, 5.74) is 1.40. The molecule has 36 heavy (non-hydrogen) atoms. The Hall–Kier alpha value is -3.05. The molecule has 1 N–H and O–H groups in total. The Morgan fingerprint density at radius 1 is 1.14 bits per heavy atom. The molecule has 2 fully saturated rings. The number of carbonyl (C=O) groups excluding carboxylic acids is 1. The first-order valence-electron chi connectivity index (χ1n) is 12.2. The van der Waals surface area contributed by atoms with Crippen LogP contribution in [-0.4, -0.2) is 67.1 Å². The van der Waals surface area contributed by atoms with Gasteiger partial charge in [-0.1, -0.05) is 12.1 Å². The van der Waals surface area contributed by atoms with Crippen LogP contribution in [0.15, 0.2) is 36.9 Å². The molecule has 5 rings (SSSR count). The molecule has 0 spiro atoms. The number of hydrogen-bond acceptors (Lipinski definition) is 7. The molecule has 1 aliphatic carbocycles. The molecule has 2 aliphatic rings. The summed E-state index contributed by atoms with van der Waals surface area (Å²) < 4.78 is 40.8. The average molecular weight is 503 g/mol. The maximum atomic E-state index is 13.0. The van der Waals surface area contributed by atoms with Gasteiger partial charge in [-0.2, -0.15) is 13.2 Å². The number of carbonyl (C=O) groups is 1. The van der Waals surface area contributed by atoms with Crippen LogP contribution in [0.2, 0.25) is 0 Å². The van der Waals surface area contributed by atoms with Gasteiger partial charge in [-0.3, -0.25) is 9.69 Å². The average Bonchev–Trinajstić information content (AvgIpc) is 3.59. The van der Waals surface area contributed by atoms with Gasteiger partial charge in [-0.25, -0.2) is 15.0 Å². The van der Waals surface area contributed by atoms with Crippen molar-refractivity contribution in [3.05, 3.63) is 48.0 Å². The molecule has 2 atom stereocenters. The third-order valence-electron chi connectivity index (χ3n) is 6.96. The minimum Gasteiger partial charge on any atom is -0.391 e. The van der Waals surface area contributed by atoms with Gasteiger partial charge >= 0.3 is 6.18 Å². The van der Waals surface area contributed by atoms with Gasteiger partial charge in [0.25, 0.3) is 0 Å². The van der Waals surface area contributed by atoms with Crippen LogP contribution < -0.4 is 4.90 Å². The van der Waals surface area contributed by atoms with Crippen LogP contribution in [0.4, 0.5) is 19.0 Å². The van der Waals surface area contributed by atoms with Crippen LogP contribution in [0, 0.1) is 5.92 Å². The second kappa shape index (κ2) is 9.78. The Morgan fingerprint density at radius 3 is 2.53 bits per heavy atom. The smallest absolute Gasteiger partial charge is 0.391 e. The highest BCUT2D eigenvalue weighted by Crippen LogP contribution is 2.36. The summed E-state index contributed by atoms with van der Waals surface area (Å²) in [6.07, 6.45) is 1.01. The number of likely N-dealkylation sites (tertiary alicyclic amines) is 1. The van der Waals surface area contributed by atoms with Crippen molar-refractivity contribution in [2.24, 2.45) is 5.92 Å². The van der Waals surface area contributed by atoms with Gasteiger partial charge in [0.2, 0.25) is 0 Å². The number of imidazole rings is 1. The number of aliphatic hydroxyl groups is 1. The third kappa shape index (κ3) is 5.36. The van der Waals surface area contributed by atoms with Crippen molar-refractivity contribution in [2.45, 2.75) is 57.6 Å². The number of alkyl halides is 3. The highest BCUT2D eigenvalue weighted by molar-refractivity contribution is 5.83. The van der Waals surface area contributed by atoms with Crippen molar-refractivity contribution >= 4 is 22.8 Å². The molecule has 11 heteroatoms. The molecule has 0 bridgehead atoms. The van der Waals surface area contributed by atoms with Gasteiger partial charge in [0.05, 0.1) is 24.5 Å². The molecule has 1 saturated carbocycles. The molecule has 3 heterocycles. The van der Waals surface area contributed by atoms with Gasteiger partial charge in [0, 0.05) is 31.6 Å². The number of benzene rings is 1. The summed E-state index contributed by atoms with van der Waals surface area (Å²) in [5, 5.41) is 10.7. The first-order chi connectivity index (χ1) is 17.2.